The zero-order valence-corrected chi connectivity index (χ0v) is 10.2. The van der Waals surface area contributed by atoms with Gasteiger partial charge >= 0.3 is 5.97 Å². The monoisotopic (exact) mass is 286 g/mol. The molecule has 1 aromatic heterocycles. The number of halogens is 2. The van der Waals surface area contributed by atoms with E-state index in [2.05, 4.69) is 30.9 Å². The largest absolute Gasteiger partial charge is 0.465 e. The summed E-state index contributed by atoms with van der Waals surface area (Å²) < 4.78 is 18.4. The second kappa shape index (κ2) is 3.86. The van der Waals surface area contributed by atoms with Gasteiger partial charge in [-0.05, 0) is 28.9 Å². The number of nitrogens with one attached hydrogen (secondary N) is 1. The van der Waals surface area contributed by atoms with Gasteiger partial charge in [-0.1, -0.05) is 0 Å². The van der Waals surface area contributed by atoms with Gasteiger partial charge in [0, 0.05) is 5.39 Å². The molecule has 0 aliphatic rings. The number of benzene rings is 1. The molecule has 4 nitrogen and oxygen atoms in total. The van der Waals surface area contributed by atoms with E-state index < -0.39 is 11.8 Å². The summed E-state index contributed by atoms with van der Waals surface area (Å²) in [5, 5.41) is 7.19. The van der Waals surface area contributed by atoms with Crippen molar-refractivity contribution in [1.29, 1.82) is 0 Å². The van der Waals surface area contributed by atoms with Crippen molar-refractivity contribution < 1.29 is 13.9 Å². The summed E-state index contributed by atoms with van der Waals surface area (Å²) in [4.78, 5) is 11.4. The lowest BCUT2D eigenvalue weighted by molar-refractivity contribution is 0.0602. The Bertz CT molecular complexity index is 580. The molecule has 0 saturated carbocycles. The van der Waals surface area contributed by atoms with Gasteiger partial charge in [-0.3, -0.25) is 5.10 Å². The maximum absolute atomic E-state index is 13.6. The number of ether oxygens (including phenoxy) is 1. The summed E-state index contributed by atoms with van der Waals surface area (Å²) in [7, 11) is 1.25. The molecule has 6 heteroatoms. The van der Waals surface area contributed by atoms with Crippen molar-refractivity contribution in [3.63, 3.8) is 0 Å². The molecule has 16 heavy (non-hydrogen) atoms. The lowest BCUT2D eigenvalue weighted by Crippen LogP contribution is -2.03. The summed E-state index contributed by atoms with van der Waals surface area (Å²) >= 11 is 3.13. The molecule has 0 aliphatic carbocycles. The maximum Gasteiger partial charge on any atom is 0.340 e. The molecule has 1 aromatic carbocycles. The molecule has 1 N–H and O–H groups in total. The van der Waals surface area contributed by atoms with Crippen molar-refractivity contribution in [2.24, 2.45) is 0 Å². The number of hydrogen-bond donors (Lipinski definition) is 1. The SMILES string of the molecule is COC(=O)c1cc(F)c(Br)c2c(C)n[nH]c12. The van der Waals surface area contributed by atoms with Gasteiger partial charge in [-0.2, -0.15) is 5.10 Å². The second-order valence-corrected chi connectivity index (χ2v) is 4.06. The number of esters is 1. The van der Waals surface area contributed by atoms with Crippen molar-refractivity contribution in [1.82, 2.24) is 10.2 Å². The first-order valence-electron chi connectivity index (χ1n) is 4.47. The first kappa shape index (κ1) is 11.1. The van der Waals surface area contributed by atoms with Crippen LogP contribution in [0.2, 0.25) is 0 Å². The second-order valence-electron chi connectivity index (χ2n) is 3.27. The van der Waals surface area contributed by atoms with Crippen LogP contribution in [0.5, 0.6) is 0 Å². The number of hydrogen-bond acceptors (Lipinski definition) is 3. The zero-order chi connectivity index (χ0) is 11.9. The Labute approximate surface area is 98.9 Å². The molecule has 0 spiro atoms. The van der Waals surface area contributed by atoms with E-state index in [1.807, 2.05) is 0 Å². The Balaban J connectivity index is 2.86. The molecule has 0 fully saturated rings. The molecule has 84 valence electrons. The fourth-order valence-corrected chi connectivity index (χ4v) is 2.15. The number of nitrogens with zero attached hydrogens (tertiary/aromatic N) is 1. The molecule has 1 heterocycles. The van der Waals surface area contributed by atoms with E-state index in [0.29, 0.717) is 21.1 Å². The Morgan fingerprint density at radius 3 is 2.94 bits per heavy atom. The van der Waals surface area contributed by atoms with Crippen molar-refractivity contribution in [2.45, 2.75) is 6.92 Å². The number of carbonyl (C=O) groups is 1. The highest BCUT2D eigenvalue weighted by Gasteiger charge is 2.19. The normalized spacial score (nSPS) is 10.8. The average Bonchev–Trinajstić information content (AvgIpc) is 2.65. The van der Waals surface area contributed by atoms with Gasteiger partial charge < -0.3 is 4.74 Å². The third-order valence-corrected chi connectivity index (χ3v) is 3.10. The number of carbonyl (C=O) groups excluding carboxylic acids is 1. The third kappa shape index (κ3) is 1.49. The number of aryl methyl sites for hydroxylation is 1. The summed E-state index contributed by atoms with van der Waals surface area (Å²) in [6, 6.07) is 1.12. The number of rotatable bonds is 1. The molecule has 0 saturated heterocycles. The van der Waals surface area contributed by atoms with Crippen LogP contribution < -0.4 is 0 Å². The minimum Gasteiger partial charge on any atom is -0.465 e. The Kier molecular flexibility index (Phi) is 2.67. The molecule has 0 bridgehead atoms. The minimum atomic E-state index is -0.597. The highest BCUT2D eigenvalue weighted by Crippen LogP contribution is 2.30. The van der Waals surface area contributed by atoms with Crippen LogP contribution in [-0.4, -0.2) is 23.3 Å². The van der Waals surface area contributed by atoms with Gasteiger partial charge in [0.15, 0.2) is 0 Å². The molecule has 0 aliphatic heterocycles. The van der Waals surface area contributed by atoms with E-state index in [4.69, 9.17) is 0 Å². The van der Waals surface area contributed by atoms with Gasteiger partial charge in [0.1, 0.15) is 5.82 Å². The summed E-state index contributed by atoms with van der Waals surface area (Å²) in [5.41, 5.74) is 1.22. The van der Waals surface area contributed by atoms with Crippen molar-refractivity contribution in [2.75, 3.05) is 7.11 Å². The number of H-pyrrole nitrogens is 1. The van der Waals surface area contributed by atoms with Crippen LogP contribution in [0.3, 0.4) is 0 Å². The predicted octanol–water partition coefficient (Wildman–Crippen LogP) is 2.56. The Morgan fingerprint density at radius 2 is 2.31 bits per heavy atom. The van der Waals surface area contributed by atoms with Crippen LogP contribution in [0.25, 0.3) is 10.9 Å². The van der Waals surface area contributed by atoms with E-state index in [1.54, 1.807) is 6.92 Å². The topological polar surface area (TPSA) is 55.0 Å². The number of fused-ring (bicyclic) bond motifs is 1. The van der Waals surface area contributed by atoms with E-state index in [9.17, 15) is 9.18 Å². The van der Waals surface area contributed by atoms with Crippen LogP contribution >= 0.6 is 15.9 Å². The van der Waals surface area contributed by atoms with E-state index in [-0.39, 0.29) is 5.56 Å². The Morgan fingerprint density at radius 1 is 1.62 bits per heavy atom. The summed E-state index contributed by atoms with van der Waals surface area (Å²) in [6.07, 6.45) is 0. The molecule has 2 rings (SSSR count). The number of methoxy groups -OCH3 is 1. The minimum absolute atomic E-state index is 0.138. The fraction of sp³-hybridized carbons (Fsp3) is 0.200. The predicted molar refractivity (Wildman–Crippen MR) is 59.8 cm³/mol. The third-order valence-electron chi connectivity index (χ3n) is 2.32. The van der Waals surface area contributed by atoms with Crippen LogP contribution in [0, 0.1) is 12.7 Å². The first-order valence-corrected chi connectivity index (χ1v) is 5.26. The smallest absolute Gasteiger partial charge is 0.340 e. The van der Waals surface area contributed by atoms with Gasteiger partial charge in [0.25, 0.3) is 0 Å². The fourth-order valence-electron chi connectivity index (χ4n) is 1.55. The molecular formula is C10H8BrFN2O2. The van der Waals surface area contributed by atoms with Gasteiger partial charge in [-0.15, -0.1) is 0 Å². The quantitative estimate of drug-likeness (QED) is 0.820. The van der Waals surface area contributed by atoms with Crippen molar-refractivity contribution >= 4 is 32.8 Å². The standard InChI is InChI=1S/C10H8BrFN2O2/c1-4-7-8(11)6(12)3-5(10(15)16-2)9(7)14-13-4/h3H,1-2H3,(H,13,14). The van der Waals surface area contributed by atoms with Crippen molar-refractivity contribution in [3.8, 4) is 0 Å². The molecule has 0 atom stereocenters. The van der Waals surface area contributed by atoms with Crippen molar-refractivity contribution in [3.05, 3.63) is 27.6 Å². The molecular weight excluding hydrogens is 279 g/mol. The Hall–Kier alpha value is -1.43. The van der Waals surface area contributed by atoms with Gasteiger partial charge in [-0.25, -0.2) is 9.18 Å². The summed E-state index contributed by atoms with van der Waals surface area (Å²) in [6.45, 7) is 1.73. The van der Waals surface area contributed by atoms with Crippen LogP contribution in [-0.2, 0) is 4.74 Å². The van der Waals surface area contributed by atoms with E-state index in [1.165, 1.54) is 7.11 Å². The van der Waals surface area contributed by atoms with Gasteiger partial charge in [0.05, 0.1) is 28.4 Å². The van der Waals surface area contributed by atoms with E-state index in [0.717, 1.165) is 6.07 Å². The molecule has 0 unspecified atom stereocenters. The number of aromatic nitrogens is 2. The lowest BCUT2D eigenvalue weighted by atomic mass is 10.1. The average molecular weight is 287 g/mol. The maximum atomic E-state index is 13.6. The molecule has 0 amide bonds. The van der Waals surface area contributed by atoms with Gasteiger partial charge in [0.2, 0.25) is 0 Å². The van der Waals surface area contributed by atoms with E-state index >= 15 is 0 Å². The zero-order valence-electron chi connectivity index (χ0n) is 8.60. The first-order chi connectivity index (χ1) is 7.56. The van der Waals surface area contributed by atoms with Crippen LogP contribution in [0.1, 0.15) is 16.1 Å². The van der Waals surface area contributed by atoms with Crippen LogP contribution in [0.15, 0.2) is 10.5 Å². The molecule has 0 radical (unpaired) electrons. The highest BCUT2D eigenvalue weighted by atomic mass is 79.9. The molecule has 2 aromatic rings. The van der Waals surface area contributed by atoms with Crippen LogP contribution in [0.4, 0.5) is 4.39 Å². The summed E-state index contributed by atoms with van der Waals surface area (Å²) in [5.74, 6) is -1.11. The lowest BCUT2D eigenvalue weighted by Gasteiger charge is -2.03. The number of aromatic amines is 1. The highest BCUT2D eigenvalue weighted by molar-refractivity contribution is 9.10.